The van der Waals surface area contributed by atoms with Gasteiger partial charge in [0.25, 0.3) is 10.1 Å². The molecule has 1 aliphatic rings. The summed E-state index contributed by atoms with van der Waals surface area (Å²) in [4.78, 5) is 25.5. The zero-order chi connectivity index (χ0) is 19.2. The Morgan fingerprint density at radius 3 is 1.96 bits per heavy atom. The molecular formula is C20H13NO5S. The number of rotatable bonds is 3. The molecule has 1 aliphatic carbocycles. The summed E-state index contributed by atoms with van der Waals surface area (Å²) in [5.41, 5.74) is 1.10. The molecular weight excluding hydrogens is 366 g/mol. The van der Waals surface area contributed by atoms with Crippen LogP contribution >= 0.6 is 0 Å². The van der Waals surface area contributed by atoms with E-state index in [2.05, 4.69) is 5.32 Å². The van der Waals surface area contributed by atoms with E-state index in [9.17, 15) is 22.6 Å². The maximum Gasteiger partial charge on any atom is 0.295 e. The molecule has 0 saturated heterocycles. The SMILES string of the molecule is O=C1c2cccc(S(=O)(=O)O)c2C(=O)c2cccc(Nc3ccccc3)c21. The van der Waals surface area contributed by atoms with Gasteiger partial charge in [-0.3, -0.25) is 14.1 Å². The van der Waals surface area contributed by atoms with Gasteiger partial charge in [0.05, 0.1) is 16.8 Å². The fraction of sp³-hybridized carbons (Fsp3) is 0. The van der Waals surface area contributed by atoms with Crippen molar-refractivity contribution in [2.45, 2.75) is 4.90 Å². The number of para-hydroxylation sites is 1. The molecule has 0 amide bonds. The van der Waals surface area contributed by atoms with Gasteiger partial charge in [-0.1, -0.05) is 42.5 Å². The minimum Gasteiger partial charge on any atom is -0.355 e. The topological polar surface area (TPSA) is 101 Å². The largest absolute Gasteiger partial charge is 0.355 e. The minimum absolute atomic E-state index is 0.0510. The third kappa shape index (κ3) is 2.83. The summed E-state index contributed by atoms with van der Waals surface area (Å²) in [6.07, 6.45) is 0. The molecule has 0 aliphatic heterocycles. The summed E-state index contributed by atoms with van der Waals surface area (Å²) in [7, 11) is -4.65. The van der Waals surface area contributed by atoms with Crippen molar-refractivity contribution in [1.82, 2.24) is 0 Å². The lowest BCUT2D eigenvalue weighted by Gasteiger charge is -2.22. The van der Waals surface area contributed by atoms with E-state index in [4.69, 9.17) is 0 Å². The molecule has 3 aromatic rings. The molecule has 0 atom stereocenters. The number of benzene rings is 3. The van der Waals surface area contributed by atoms with Crippen LogP contribution in [0.1, 0.15) is 31.8 Å². The second-order valence-electron chi connectivity index (χ2n) is 6.03. The fourth-order valence-electron chi connectivity index (χ4n) is 3.21. The molecule has 0 aromatic heterocycles. The Morgan fingerprint density at radius 2 is 1.30 bits per heavy atom. The van der Waals surface area contributed by atoms with Gasteiger partial charge < -0.3 is 5.32 Å². The normalized spacial score (nSPS) is 13.1. The summed E-state index contributed by atoms with van der Waals surface area (Å²) in [6, 6.07) is 17.7. The molecule has 27 heavy (non-hydrogen) atoms. The Bertz CT molecular complexity index is 1200. The molecule has 6 nitrogen and oxygen atoms in total. The van der Waals surface area contributed by atoms with Gasteiger partial charge in [0.15, 0.2) is 11.6 Å². The Balaban J connectivity index is 1.92. The second kappa shape index (κ2) is 6.15. The molecule has 0 saturated carbocycles. The highest BCUT2D eigenvalue weighted by molar-refractivity contribution is 7.86. The standard InChI is InChI=1S/C20H13NO5S/c22-19-14-9-5-11-16(27(24,25)26)18(14)20(23)13-8-4-10-15(17(13)19)21-12-6-2-1-3-7-12/h1-11,21H,(H,24,25,26). The van der Waals surface area contributed by atoms with Crippen molar-refractivity contribution >= 4 is 33.1 Å². The van der Waals surface area contributed by atoms with E-state index in [1.807, 2.05) is 30.3 Å². The number of fused-ring (bicyclic) bond motifs is 2. The molecule has 7 heteroatoms. The Kier molecular flexibility index (Phi) is 3.91. The van der Waals surface area contributed by atoms with E-state index >= 15 is 0 Å². The average molecular weight is 379 g/mol. The number of anilines is 2. The number of nitrogens with one attached hydrogen (secondary N) is 1. The van der Waals surface area contributed by atoms with E-state index in [1.54, 1.807) is 12.1 Å². The fourth-order valence-corrected chi connectivity index (χ4v) is 3.92. The van der Waals surface area contributed by atoms with Crippen LogP contribution in [0.25, 0.3) is 0 Å². The van der Waals surface area contributed by atoms with E-state index in [1.165, 1.54) is 18.2 Å². The number of hydrogen-bond acceptors (Lipinski definition) is 5. The Labute approximate surface area is 155 Å². The Hall–Kier alpha value is -3.29. The third-order valence-corrected chi connectivity index (χ3v) is 5.26. The lowest BCUT2D eigenvalue weighted by atomic mass is 9.83. The first-order chi connectivity index (χ1) is 12.9. The molecule has 0 heterocycles. The molecule has 3 aromatic carbocycles. The summed E-state index contributed by atoms with van der Waals surface area (Å²) in [5, 5.41) is 3.12. The molecule has 2 N–H and O–H groups in total. The quantitative estimate of drug-likeness (QED) is 0.529. The average Bonchev–Trinajstić information content (AvgIpc) is 2.65. The predicted octanol–water partition coefficient (Wildman–Crippen LogP) is 3.45. The van der Waals surface area contributed by atoms with Crippen LogP contribution in [-0.4, -0.2) is 24.5 Å². The molecule has 0 fully saturated rings. The Morgan fingerprint density at radius 1 is 0.704 bits per heavy atom. The highest BCUT2D eigenvalue weighted by Gasteiger charge is 2.35. The second-order valence-corrected chi connectivity index (χ2v) is 7.42. The lowest BCUT2D eigenvalue weighted by molar-refractivity contribution is 0.0977. The molecule has 0 radical (unpaired) electrons. The van der Waals surface area contributed by atoms with Crippen molar-refractivity contribution in [1.29, 1.82) is 0 Å². The predicted molar refractivity (Wildman–Crippen MR) is 99.3 cm³/mol. The summed E-state index contributed by atoms with van der Waals surface area (Å²) in [6.45, 7) is 0. The van der Waals surface area contributed by atoms with Crippen molar-refractivity contribution in [3.05, 3.63) is 89.0 Å². The van der Waals surface area contributed by atoms with Crippen molar-refractivity contribution in [2.75, 3.05) is 5.32 Å². The zero-order valence-electron chi connectivity index (χ0n) is 13.8. The number of ketones is 2. The van der Waals surface area contributed by atoms with E-state index < -0.39 is 26.6 Å². The minimum atomic E-state index is -4.65. The van der Waals surface area contributed by atoms with E-state index in [0.717, 1.165) is 11.8 Å². The van der Waals surface area contributed by atoms with Crippen LogP contribution in [-0.2, 0) is 10.1 Å². The number of carbonyl (C=O) groups is 2. The maximum atomic E-state index is 13.1. The summed E-state index contributed by atoms with van der Waals surface area (Å²) >= 11 is 0. The monoisotopic (exact) mass is 379 g/mol. The van der Waals surface area contributed by atoms with Crippen molar-refractivity contribution in [3.8, 4) is 0 Å². The van der Waals surface area contributed by atoms with Crippen molar-refractivity contribution in [3.63, 3.8) is 0 Å². The van der Waals surface area contributed by atoms with Gasteiger partial charge in [-0.2, -0.15) is 8.42 Å². The first-order valence-electron chi connectivity index (χ1n) is 8.03. The summed E-state index contributed by atoms with van der Waals surface area (Å²) in [5.74, 6) is -1.10. The van der Waals surface area contributed by atoms with E-state index in [0.29, 0.717) is 5.69 Å². The summed E-state index contributed by atoms with van der Waals surface area (Å²) < 4.78 is 32.8. The van der Waals surface area contributed by atoms with Crippen molar-refractivity contribution in [2.24, 2.45) is 0 Å². The van der Waals surface area contributed by atoms with Crippen LogP contribution in [0.2, 0.25) is 0 Å². The van der Waals surface area contributed by atoms with Gasteiger partial charge in [0, 0.05) is 16.8 Å². The molecule has 0 unspecified atom stereocenters. The lowest BCUT2D eigenvalue weighted by Crippen LogP contribution is -2.24. The molecule has 0 bridgehead atoms. The zero-order valence-corrected chi connectivity index (χ0v) is 14.7. The van der Waals surface area contributed by atoms with Gasteiger partial charge in [-0.25, -0.2) is 0 Å². The number of carbonyl (C=O) groups excluding carboxylic acids is 2. The van der Waals surface area contributed by atoms with Gasteiger partial charge >= 0.3 is 0 Å². The van der Waals surface area contributed by atoms with Crippen LogP contribution < -0.4 is 5.32 Å². The molecule has 134 valence electrons. The first-order valence-corrected chi connectivity index (χ1v) is 9.47. The van der Waals surface area contributed by atoms with E-state index in [-0.39, 0.29) is 22.3 Å². The van der Waals surface area contributed by atoms with Gasteiger partial charge in [-0.05, 0) is 24.3 Å². The number of hydrogen-bond donors (Lipinski definition) is 2. The van der Waals surface area contributed by atoms with Gasteiger partial charge in [0.2, 0.25) is 0 Å². The van der Waals surface area contributed by atoms with Crippen LogP contribution in [0.5, 0.6) is 0 Å². The van der Waals surface area contributed by atoms with Crippen molar-refractivity contribution < 1.29 is 22.6 Å². The van der Waals surface area contributed by atoms with Crippen LogP contribution in [0.4, 0.5) is 11.4 Å². The third-order valence-electron chi connectivity index (χ3n) is 4.36. The maximum absolute atomic E-state index is 13.1. The van der Waals surface area contributed by atoms with Gasteiger partial charge in [-0.15, -0.1) is 0 Å². The van der Waals surface area contributed by atoms with Crippen LogP contribution in [0.15, 0.2) is 71.6 Å². The smallest absolute Gasteiger partial charge is 0.295 e. The molecule has 0 spiro atoms. The highest BCUT2D eigenvalue weighted by Crippen LogP contribution is 2.35. The molecule has 4 rings (SSSR count). The van der Waals surface area contributed by atoms with Gasteiger partial charge in [0.1, 0.15) is 4.90 Å². The first kappa shape index (κ1) is 17.1. The van der Waals surface area contributed by atoms with Crippen LogP contribution in [0.3, 0.4) is 0 Å². The van der Waals surface area contributed by atoms with Crippen LogP contribution in [0, 0.1) is 0 Å². The highest BCUT2D eigenvalue weighted by atomic mass is 32.2.